The third-order valence-corrected chi connectivity index (χ3v) is 5.96. The number of amides is 2. The van der Waals surface area contributed by atoms with Gasteiger partial charge in [0.05, 0.1) is 12.5 Å². The van der Waals surface area contributed by atoms with Gasteiger partial charge in [0.1, 0.15) is 0 Å². The summed E-state index contributed by atoms with van der Waals surface area (Å²) >= 11 is 0. The SMILES string of the molecule is Cc1cc(C)cc(CCN(C(=O)c2ccccc2)C(CC(N)=O)c2c[nH]c3ccccc23)c1. The van der Waals surface area contributed by atoms with Gasteiger partial charge in [-0.15, -0.1) is 0 Å². The highest BCUT2D eigenvalue weighted by molar-refractivity contribution is 5.95. The standard InChI is InChI=1S/C28H29N3O2/c1-19-14-20(2)16-21(15-19)12-13-31(28(33)22-8-4-3-5-9-22)26(17-27(29)32)24-18-30-25-11-7-6-10-23(24)25/h3-11,14-16,18,26,30H,12-13,17H2,1-2H3,(H2,29,32). The first-order chi connectivity index (χ1) is 15.9. The Kier molecular flexibility index (Phi) is 6.59. The summed E-state index contributed by atoms with van der Waals surface area (Å²) in [5, 5.41) is 0.987. The fourth-order valence-electron chi connectivity index (χ4n) is 4.56. The molecule has 3 N–H and O–H groups in total. The number of benzene rings is 3. The fraction of sp³-hybridized carbons (Fsp3) is 0.214. The number of para-hydroxylation sites is 1. The van der Waals surface area contributed by atoms with Crippen LogP contribution in [0, 0.1) is 13.8 Å². The molecule has 168 valence electrons. The molecule has 4 rings (SSSR count). The maximum atomic E-state index is 13.7. The lowest BCUT2D eigenvalue weighted by molar-refractivity contribution is -0.119. The van der Waals surface area contributed by atoms with E-state index in [1.165, 1.54) is 11.1 Å². The molecular formula is C28H29N3O2. The summed E-state index contributed by atoms with van der Waals surface area (Å²) in [6, 6.07) is 23.1. The highest BCUT2D eigenvalue weighted by Crippen LogP contribution is 2.32. The van der Waals surface area contributed by atoms with Crippen LogP contribution in [0.4, 0.5) is 0 Å². The Morgan fingerprint density at radius 1 is 0.939 bits per heavy atom. The number of nitrogens with one attached hydrogen (secondary N) is 1. The first-order valence-electron chi connectivity index (χ1n) is 11.2. The Morgan fingerprint density at radius 2 is 1.61 bits per heavy atom. The minimum atomic E-state index is -0.475. The van der Waals surface area contributed by atoms with E-state index in [0.29, 0.717) is 18.5 Å². The smallest absolute Gasteiger partial charge is 0.254 e. The summed E-state index contributed by atoms with van der Waals surface area (Å²) in [7, 11) is 0. The van der Waals surface area contributed by atoms with E-state index in [2.05, 4.69) is 37.0 Å². The Balaban J connectivity index is 1.75. The molecule has 0 saturated heterocycles. The van der Waals surface area contributed by atoms with Crippen molar-refractivity contribution in [1.82, 2.24) is 9.88 Å². The van der Waals surface area contributed by atoms with E-state index in [0.717, 1.165) is 22.0 Å². The molecule has 5 nitrogen and oxygen atoms in total. The maximum absolute atomic E-state index is 13.7. The first kappa shape index (κ1) is 22.3. The van der Waals surface area contributed by atoms with Gasteiger partial charge in [0.15, 0.2) is 0 Å². The molecule has 1 aromatic heterocycles. The first-order valence-corrected chi connectivity index (χ1v) is 11.2. The number of carbonyl (C=O) groups excluding carboxylic acids is 2. The molecule has 0 radical (unpaired) electrons. The van der Waals surface area contributed by atoms with Crippen molar-refractivity contribution in [3.8, 4) is 0 Å². The average molecular weight is 440 g/mol. The molecule has 0 spiro atoms. The number of aromatic nitrogens is 1. The lowest BCUT2D eigenvalue weighted by Gasteiger charge is -2.32. The van der Waals surface area contributed by atoms with Crippen LogP contribution in [0.25, 0.3) is 10.9 Å². The van der Waals surface area contributed by atoms with E-state index in [9.17, 15) is 9.59 Å². The van der Waals surface area contributed by atoms with Crippen molar-refractivity contribution in [3.63, 3.8) is 0 Å². The zero-order valence-corrected chi connectivity index (χ0v) is 19.0. The number of H-pyrrole nitrogens is 1. The topological polar surface area (TPSA) is 79.2 Å². The Morgan fingerprint density at radius 3 is 2.30 bits per heavy atom. The van der Waals surface area contributed by atoms with Crippen LogP contribution in [0.1, 0.15) is 45.1 Å². The predicted molar refractivity (Wildman–Crippen MR) is 132 cm³/mol. The number of hydrogen-bond acceptors (Lipinski definition) is 2. The normalized spacial score (nSPS) is 11.9. The highest BCUT2D eigenvalue weighted by atomic mass is 16.2. The largest absolute Gasteiger partial charge is 0.370 e. The average Bonchev–Trinajstić information content (AvgIpc) is 3.22. The fourth-order valence-corrected chi connectivity index (χ4v) is 4.56. The van der Waals surface area contributed by atoms with Gasteiger partial charge in [-0.25, -0.2) is 0 Å². The molecule has 5 heteroatoms. The number of primary amides is 1. The van der Waals surface area contributed by atoms with Crippen molar-refractivity contribution in [3.05, 3.63) is 107 Å². The molecule has 0 aliphatic carbocycles. The molecule has 1 heterocycles. The summed E-state index contributed by atoms with van der Waals surface area (Å²) < 4.78 is 0. The van der Waals surface area contributed by atoms with Crippen molar-refractivity contribution in [1.29, 1.82) is 0 Å². The van der Waals surface area contributed by atoms with Crippen molar-refractivity contribution < 1.29 is 9.59 Å². The van der Waals surface area contributed by atoms with E-state index in [1.54, 1.807) is 4.90 Å². The van der Waals surface area contributed by atoms with Gasteiger partial charge in [-0.3, -0.25) is 9.59 Å². The number of nitrogens with two attached hydrogens (primary N) is 1. The third kappa shape index (κ3) is 5.14. The van der Waals surface area contributed by atoms with E-state index in [1.807, 2.05) is 60.8 Å². The van der Waals surface area contributed by atoms with Crippen molar-refractivity contribution in [2.24, 2.45) is 5.73 Å². The number of rotatable bonds is 8. The van der Waals surface area contributed by atoms with E-state index in [-0.39, 0.29) is 12.3 Å². The second kappa shape index (κ2) is 9.74. The van der Waals surface area contributed by atoms with E-state index < -0.39 is 11.9 Å². The minimum absolute atomic E-state index is 0.0489. The highest BCUT2D eigenvalue weighted by Gasteiger charge is 2.29. The van der Waals surface area contributed by atoms with Gasteiger partial charge in [0.25, 0.3) is 5.91 Å². The van der Waals surface area contributed by atoms with E-state index in [4.69, 9.17) is 5.73 Å². The lowest BCUT2D eigenvalue weighted by atomic mass is 9.98. The number of carbonyl (C=O) groups is 2. The molecule has 0 saturated carbocycles. The van der Waals surface area contributed by atoms with Gasteiger partial charge in [-0.1, -0.05) is 65.7 Å². The number of hydrogen-bond donors (Lipinski definition) is 2. The lowest BCUT2D eigenvalue weighted by Crippen LogP contribution is -2.38. The molecule has 1 unspecified atom stereocenters. The number of nitrogens with zero attached hydrogens (tertiary/aromatic N) is 1. The summed E-state index contributed by atoms with van der Waals surface area (Å²) in [5.74, 6) is -0.556. The van der Waals surface area contributed by atoms with Gasteiger partial charge in [0, 0.05) is 34.8 Å². The van der Waals surface area contributed by atoms with Gasteiger partial charge >= 0.3 is 0 Å². The molecule has 2 amide bonds. The molecule has 3 aromatic carbocycles. The summed E-state index contributed by atoms with van der Waals surface area (Å²) in [4.78, 5) is 30.9. The van der Waals surface area contributed by atoms with Gasteiger partial charge in [-0.05, 0) is 44.0 Å². The van der Waals surface area contributed by atoms with Crippen LogP contribution in [0.2, 0.25) is 0 Å². The molecule has 1 atom stereocenters. The molecular weight excluding hydrogens is 410 g/mol. The van der Waals surface area contributed by atoms with Crippen molar-refractivity contribution >= 4 is 22.7 Å². The molecule has 33 heavy (non-hydrogen) atoms. The number of fused-ring (bicyclic) bond motifs is 1. The Labute approximate surface area is 194 Å². The monoisotopic (exact) mass is 439 g/mol. The third-order valence-electron chi connectivity index (χ3n) is 5.96. The summed E-state index contributed by atoms with van der Waals surface area (Å²) in [5.41, 5.74) is 11.7. The van der Waals surface area contributed by atoms with Gasteiger partial charge in [0.2, 0.25) is 5.91 Å². The zero-order chi connectivity index (χ0) is 23.4. The summed E-state index contributed by atoms with van der Waals surface area (Å²) in [6.07, 6.45) is 2.62. The molecule has 0 fully saturated rings. The van der Waals surface area contributed by atoms with Crippen LogP contribution in [0.5, 0.6) is 0 Å². The quantitative estimate of drug-likeness (QED) is 0.401. The minimum Gasteiger partial charge on any atom is -0.370 e. The predicted octanol–water partition coefficient (Wildman–Crippen LogP) is 5.09. The van der Waals surface area contributed by atoms with Crippen LogP contribution >= 0.6 is 0 Å². The van der Waals surface area contributed by atoms with Crippen LogP contribution in [0.15, 0.2) is 79.0 Å². The Hall–Kier alpha value is -3.86. The van der Waals surface area contributed by atoms with E-state index >= 15 is 0 Å². The second-order valence-corrected chi connectivity index (χ2v) is 8.59. The van der Waals surface area contributed by atoms with Crippen molar-refractivity contribution in [2.75, 3.05) is 6.54 Å². The maximum Gasteiger partial charge on any atom is 0.254 e. The summed E-state index contributed by atoms with van der Waals surface area (Å²) in [6.45, 7) is 4.62. The zero-order valence-electron chi connectivity index (χ0n) is 19.0. The van der Waals surface area contributed by atoms with Crippen LogP contribution in [-0.4, -0.2) is 28.2 Å². The van der Waals surface area contributed by atoms with Gasteiger partial charge in [-0.2, -0.15) is 0 Å². The van der Waals surface area contributed by atoms with Crippen LogP contribution in [0.3, 0.4) is 0 Å². The molecule has 0 aliphatic heterocycles. The van der Waals surface area contributed by atoms with Crippen LogP contribution in [-0.2, 0) is 11.2 Å². The van der Waals surface area contributed by atoms with Crippen LogP contribution < -0.4 is 5.73 Å². The number of aromatic amines is 1. The second-order valence-electron chi connectivity index (χ2n) is 8.59. The molecule has 0 bridgehead atoms. The molecule has 0 aliphatic rings. The van der Waals surface area contributed by atoms with Gasteiger partial charge < -0.3 is 15.6 Å². The number of aryl methyl sites for hydroxylation is 2. The molecule has 4 aromatic rings. The Bertz CT molecular complexity index is 1260. The van der Waals surface area contributed by atoms with Crippen molar-refractivity contribution in [2.45, 2.75) is 32.7 Å².